The molecule has 4 aromatic carbocycles. The van der Waals surface area contributed by atoms with Gasteiger partial charge in [-0.25, -0.2) is 0 Å². The zero-order chi connectivity index (χ0) is 32.4. The maximum atomic E-state index is 6.38. The van der Waals surface area contributed by atoms with Crippen molar-refractivity contribution in [1.82, 2.24) is 9.97 Å². The molecule has 1 radical (unpaired) electrons. The number of fused-ring (bicyclic) bond motifs is 3. The molecule has 0 aliphatic rings. The van der Waals surface area contributed by atoms with Gasteiger partial charge >= 0.3 is 99.8 Å². The first kappa shape index (κ1) is 34.5. The van der Waals surface area contributed by atoms with Crippen LogP contribution in [0.5, 0.6) is 0 Å². The monoisotopic (exact) mass is 855 g/mol. The summed E-state index contributed by atoms with van der Waals surface area (Å²) in [7, 11) is 0. The Kier molecular flexibility index (Phi) is 10.7. The van der Waals surface area contributed by atoms with Crippen LogP contribution < -0.4 is 4.40 Å². The predicted octanol–water partition coefficient (Wildman–Crippen LogP) is 10.9. The van der Waals surface area contributed by atoms with Crippen molar-refractivity contribution in [2.24, 2.45) is 0 Å². The number of aryl methyl sites for hydroxylation is 2. The molecule has 7 aromatic rings. The third-order valence-electron chi connectivity index (χ3n) is 8.46. The molecule has 0 aliphatic heterocycles. The Morgan fingerprint density at radius 3 is 2.11 bits per heavy atom. The molecule has 0 saturated carbocycles. The summed E-state index contributed by atoms with van der Waals surface area (Å²) in [6, 6.07) is 40.1. The van der Waals surface area contributed by atoms with Crippen molar-refractivity contribution in [2.45, 2.75) is 50.9 Å². The van der Waals surface area contributed by atoms with Crippen LogP contribution in [0, 0.1) is 26.0 Å². The number of pyridine rings is 2. The molecule has 3 nitrogen and oxygen atoms in total. The number of benzene rings is 4. The molecule has 7 rings (SSSR count). The molecule has 3 heterocycles. The topological polar surface area (TPSA) is 38.9 Å². The van der Waals surface area contributed by atoms with Crippen LogP contribution >= 0.6 is 0 Å². The zero-order valence-electron chi connectivity index (χ0n) is 28.1. The van der Waals surface area contributed by atoms with E-state index in [2.05, 4.69) is 129 Å². The SMILES string of the molecule is Cc1ccc(-c2ccc3c(c2)oc2c(-c4cc(C(C)C)c(C)cn4)[c-]ccc23)cc1.[CH3][Ge]([CH3])([CH3])[c]1ccc(-c2[c-]cccc2)nc1.[Ir]. The molecule has 0 unspecified atom stereocenters. The smallest absolute Gasteiger partial charge is 0 e. The van der Waals surface area contributed by atoms with Gasteiger partial charge in [-0.05, 0) is 53.8 Å². The fourth-order valence-corrected chi connectivity index (χ4v) is 7.88. The van der Waals surface area contributed by atoms with E-state index < -0.39 is 13.3 Å². The van der Waals surface area contributed by atoms with Gasteiger partial charge < -0.3 is 9.40 Å². The molecular formula is C42H40GeIrN2O-2. The third kappa shape index (κ3) is 7.67. The minimum absolute atomic E-state index is 0. The van der Waals surface area contributed by atoms with Crippen LogP contribution in [-0.4, -0.2) is 23.2 Å². The second-order valence-corrected chi connectivity index (χ2v) is 24.0. The Labute approximate surface area is 295 Å². The number of rotatable bonds is 5. The van der Waals surface area contributed by atoms with Crippen molar-refractivity contribution in [2.75, 3.05) is 0 Å². The number of nitrogens with zero attached hydrogens (tertiary/aromatic N) is 2. The molecule has 47 heavy (non-hydrogen) atoms. The number of furan rings is 1. The van der Waals surface area contributed by atoms with E-state index in [0.717, 1.165) is 50.0 Å². The first-order valence-corrected chi connectivity index (χ1v) is 23.3. The maximum Gasteiger partial charge on any atom is 0 e. The minimum Gasteiger partial charge on any atom is 0 e. The number of hydrogen-bond donors (Lipinski definition) is 0. The fraction of sp³-hybridized carbons (Fsp3) is 0.190. The Morgan fingerprint density at radius 2 is 1.45 bits per heavy atom. The van der Waals surface area contributed by atoms with E-state index in [9.17, 15) is 0 Å². The van der Waals surface area contributed by atoms with Crippen LogP contribution in [0.2, 0.25) is 17.3 Å². The minimum atomic E-state index is -1.72. The quantitative estimate of drug-likeness (QED) is 0.128. The van der Waals surface area contributed by atoms with Crippen LogP contribution in [0.25, 0.3) is 55.6 Å². The average molecular weight is 854 g/mol. The van der Waals surface area contributed by atoms with E-state index in [4.69, 9.17) is 9.40 Å². The van der Waals surface area contributed by atoms with Crippen molar-refractivity contribution < 1.29 is 24.5 Å². The molecule has 5 heteroatoms. The average Bonchev–Trinajstić information content (AvgIpc) is 3.44. The Balaban J connectivity index is 0.000000217. The summed E-state index contributed by atoms with van der Waals surface area (Å²) in [6.07, 6.45) is 3.99. The van der Waals surface area contributed by atoms with Gasteiger partial charge in [-0.15, -0.1) is 18.2 Å². The van der Waals surface area contributed by atoms with Gasteiger partial charge in [0.25, 0.3) is 0 Å². The van der Waals surface area contributed by atoms with E-state index in [-0.39, 0.29) is 20.1 Å². The second-order valence-electron chi connectivity index (χ2n) is 13.3. The molecule has 0 amide bonds. The Morgan fingerprint density at radius 1 is 0.702 bits per heavy atom. The van der Waals surface area contributed by atoms with Gasteiger partial charge in [-0.1, -0.05) is 72.8 Å². The molecule has 3 aromatic heterocycles. The molecule has 0 bridgehead atoms. The largest absolute Gasteiger partial charge is 0 e. The van der Waals surface area contributed by atoms with E-state index in [1.54, 1.807) is 0 Å². The van der Waals surface area contributed by atoms with Crippen molar-refractivity contribution in [3.8, 4) is 33.6 Å². The first-order valence-electron chi connectivity index (χ1n) is 15.9. The molecule has 0 spiro atoms. The molecule has 0 N–H and O–H groups in total. The van der Waals surface area contributed by atoms with Gasteiger partial charge in [-0.2, -0.15) is 0 Å². The molecular weight excluding hydrogens is 813 g/mol. The first-order chi connectivity index (χ1) is 22.1. The summed E-state index contributed by atoms with van der Waals surface area (Å²) < 4.78 is 7.83. The van der Waals surface area contributed by atoms with Gasteiger partial charge in [-0.3, -0.25) is 0 Å². The maximum absolute atomic E-state index is 6.38. The van der Waals surface area contributed by atoms with Crippen LogP contribution in [0.4, 0.5) is 0 Å². The summed E-state index contributed by atoms with van der Waals surface area (Å²) in [5, 5.41) is 2.22. The van der Waals surface area contributed by atoms with E-state index >= 15 is 0 Å². The van der Waals surface area contributed by atoms with Crippen molar-refractivity contribution in [1.29, 1.82) is 0 Å². The molecule has 0 fully saturated rings. The van der Waals surface area contributed by atoms with Crippen LogP contribution in [0.3, 0.4) is 0 Å². The normalized spacial score (nSPS) is 11.3. The van der Waals surface area contributed by atoms with E-state index in [1.165, 1.54) is 26.6 Å². The molecule has 239 valence electrons. The van der Waals surface area contributed by atoms with Gasteiger partial charge in [0.15, 0.2) is 0 Å². The van der Waals surface area contributed by atoms with Crippen LogP contribution in [0.1, 0.15) is 36.5 Å². The van der Waals surface area contributed by atoms with Crippen molar-refractivity contribution in [3.63, 3.8) is 0 Å². The number of aromatic nitrogens is 2. The summed E-state index contributed by atoms with van der Waals surface area (Å²) in [6.45, 7) is 8.65. The molecule has 0 atom stereocenters. The Hall–Kier alpha value is -3.83. The van der Waals surface area contributed by atoms with Crippen LogP contribution in [-0.2, 0) is 20.1 Å². The third-order valence-corrected chi connectivity index (χ3v) is 12.7. The van der Waals surface area contributed by atoms with Crippen LogP contribution in [0.15, 0.2) is 114 Å². The molecule has 0 aliphatic carbocycles. The zero-order valence-corrected chi connectivity index (χ0v) is 32.6. The van der Waals surface area contributed by atoms with Crippen molar-refractivity contribution in [3.05, 3.63) is 138 Å². The summed E-state index contributed by atoms with van der Waals surface area (Å²) >= 11 is -1.72. The summed E-state index contributed by atoms with van der Waals surface area (Å²) in [4.78, 5) is 9.23. The van der Waals surface area contributed by atoms with Gasteiger partial charge in [0.1, 0.15) is 5.58 Å². The standard InChI is InChI=1S/C28H24NO.C14H16GeN.Ir/c1-17(2)25-15-26(29-16-19(25)4)24-7-5-6-23-22-13-12-21(14-27(22)30-28(23)24)20-10-8-18(3)9-11-20;1-15(2,3)13-9-10-14(16-11-13)12-7-5-4-6-8-12;/h5-6,8-17H,1-4H3;4-7,9-11H,1-3H3;/q2*-1;. The predicted molar refractivity (Wildman–Crippen MR) is 196 cm³/mol. The summed E-state index contributed by atoms with van der Waals surface area (Å²) in [5.74, 6) is 7.58. The van der Waals surface area contributed by atoms with E-state index in [0.29, 0.717) is 5.92 Å². The van der Waals surface area contributed by atoms with Gasteiger partial charge in [0.2, 0.25) is 0 Å². The Bertz CT molecular complexity index is 2110. The fourth-order valence-electron chi connectivity index (χ4n) is 5.70. The summed E-state index contributed by atoms with van der Waals surface area (Å²) in [5.41, 5.74) is 11.8. The van der Waals surface area contributed by atoms with E-state index in [1.807, 2.05) is 42.7 Å². The van der Waals surface area contributed by atoms with Crippen molar-refractivity contribution >= 4 is 39.6 Å². The van der Waals surface area contributed by atoms with Gasteiger partial charge in [0.05, 0.1) is 5.58 Å². The van der Waals surface area contributed by atoms with Gasteiger partial charge in [0, 0.05) is 31.7 Å². The molecule has 0 saturated heterocycles. The number of hydrogen-bond acceptors (Lipinski definition) is 3. The second kappa shape index (κ2) is 14.5.